The molecule has 0 spiro atoms. The van der Waals surface area contributed by atoms with Crippen molar-refractivity contribution in [2.75, 3.05) is 6.54 Å². The van der Waals surface area contributed by atoms with Crippen LogP contribution in [0.25, 0.3) is 0 Å². The number of alkyl carbamates (subject to hydrolysis) is 1. The number of hydrogen-bond donors (Lipinski definition) is 2. The summed E-state index contributed by atoms with van der Waals surface area (Å²) in [5, 5.41) is 2.39. The lowest BCUT2D eigenvalue weighted by Gasteiger charge is -2.31. The Morgan fingerprint density at radius 1 is 1.08 bits per heavy atom. The highest BCUT2D eigenvalue weighted by molar-refractivity contribution is 5.92. The zero-order valence-corrected chi connectivity index (χ0v) is 20.6. The minimum absolute atomic E-state index is 0.206. The molecule has 0 radical (unpaired) electrons. The number of nitrogens with zero attached hydrogens (tertiary/aromatic N) is 3. The molecule has 1 aromatic carbocycles. The number of carbonyl (C=O) groups is 3. The van der Waals surface area contributed by atoms with Crippen molar-refractivity contribution in [2.45, 2.75) is 64.5 Å². The number of nitrogens with two attached hydrogens (primary N) is 1. The summed E-state index contributed by atoms with van der Waals surface area (Å²) < 4.78 is 87.4. The standard InChI is InChI=1S/C23H25F6N5O4/c1-22(2,3)38-21(37)31-12(6-11-7-14(25)15(26)9-13(11)24)8-17(35)33-4-5-34-16(10-33)18(19(30)36)32-20(34)23(27,28)29/h7,9,12H,4-6,8,10H2,1-3H3,(H2,30,36)(H,31,37). The summed E-state index contributed by atoms with van der Waals surface area (Å²) in [5.41, 5.74) is 3.07. The molecule has 1 aromatic heterocycles. The van der Waals surface area contributed by atoms with Gasteiger partial charge in [0, 0.05) is 31.6 Å². The van der Waals surface area contributed by atoms with E-state index in [4.69, 9.17) is 10.5 Å². The van der Waals surface area contributed by atoms with Crippen LogP contribution in [0, 0.1) is 17.5 Å². The zero-order chi connectivity index (χ0) is 28.6. The maximum Gasteiger partial charge on any atom is 0.449 e. The lowest BCUT2D eigenvalue weighted by atomic mass is 10.0. The quantitative estimate of drug-likeness (QED) is 0.424. The highest BCUT2D eigenvalue weighted by atomic mass is 19.4. The maximum absolute atomic E-state index is 14.3. The molecule has 0 saturated carbocycles. The number of primary amides is 1. The Hall–Kier alpha value is -3.78. The van der Waals surface area contributed by atoms with Crippen LogP contribution in [0.2, 0.25) is 0 Å². The third kappa shape index (κ3) is 6.75. The number of hydrogen-bond acceptors (Lipinski definition) is 5. The van der Waals surface area contributed by atoms with Crippen molar-refractivity contribution in [3.63, 3.8) is 0 Å². The minimum atomic E-state index is -4.87. The summed E-state index contributed by atoms with van der Waals surface area (Å²) in [7, 11) is 0. The molecule has 15 heteroatoms. The van der Waals surface area contributed by atoms with E-state index in [9.17, 15) is 40.7 Å². The molecule has 0 saturated heterocycles. The van der Waals surface area contributed by atoms with Gasteiger partial charge in [-0.05, 0) is 38.8 Å². The fourth-order valence-corrected chi connectivity index (χ4v) is 3.97. The van der Waals surface area contributed by atoms with Gasteiger partial charge in [-0.2, -0.15) is 13.2 Å². The lowest BCUT2D eigenvalue weighted by Crippen LogP contribution is -2.45. The topological polar surface area (TPSA) is 120 Å². The summed E-state index contributed by atoms with van der Waals surface area (Å²) in [6.07, 6.45) is -6.79. The van der Waals surface area contributed by atoms with Crippen LogP contribution in [-0.2, 0) is 35.2 Å². The number of ether oxygens (including phenoxy) is 1. The molecule has 9 nitrogen and oxygen atoms in total. The van der Waals surface area contributed by atoms with E-state index in [1.54, 1.807) is 20.8 Å². The summed E-state index contributed by atoms with van der Waals surface area (Å²) >= 11 is 0. The Bertz CT molecular complexity index is 1250. The van der Waals surface area contributed by atoms with Gasteiger partial charge in [0.05, 0.1) is 12.2 Å². The lowest BCUT2D eigenvalue weighted by molar-refractivity contribution is -0.148. The second-order valence-electron chi connectivity index (χ2n) is 9.67. The van der Waals surface area contributed by atoms with Crippen LogP contribution in [0.1, 0.15) is 54.8 Å². The number of amides is 3. The largest absolute Gasteiger partial charge is 0.449 e. The number of halogens is 6. The van der Waals surface area contributed by atoms with Gasteiger partial charge in [-0.1, -0.05) is 0 Å². The molecule has 38 heavy (non-hydrogen) atoms. The number of aromatic nitrogens is 2. The van der Waals surface area contributed by atoms with E-state index < -0.39 is 84.1 Å². The first-order valence-electron chi connectivity index (χ1n) is 11.3. The molecule has 0 fully saturated rings. The number of rotatable bonds is 6. The molecule has 1 atom stereocenters. The summed E-state index contributed by atoms with van der Waals surface area (Å²) in [4.78, 5) is 41.6. The average Bonchev–Trinajstić information content (AvgIpc) is 3.15. The first kappa shape index (κ1) is 28.8. The van der Waals surface area contributed by atoms with Crippen LogP contribution in [0.4, 0.5) is 31.1 Å². The third-order valence-electron chi connectivity index (χ3n) is 5.54. The highest BCUT2D eigenvalue weighted by Gasteiger charge is 2.41. The molecule has 3 rings (SSSR count). The summed E-state index contributed by atoms with van der Waals surface area (Å²) in [6.45, 7) is 3.72. The van der Waals surface area contributed by atoms with Gasteiger partial charge < -0.3 is 25.3 Å². The summed E-state index contributed by atoms with van der Waals surface area (Å²) in [6, 6.07) is -0.257. The van der Waals surface area contributed by atoms with E-state index in [0.29, 0.717) is 12.1 Å². The van der Waals surface area contributed by atoms with Crippen molar-refractivity contribution in [2.24, 2.45) is 5.73 Å². The molecule has 1 aliphatic heterocycles. The van der Waals surface area contributed by atoms with Gasteiger partial charge in [0.2, 0.25) is 11.7 Å². The molecule has 2 aromatic rings. The van der Waals surface area contributed by atoms with E-state index in [-0.39, 0.29) is 24.3 Å². The van der Waals surface area contributed by atoms with Gasteiger partial charge in [0.15, 0.2) is 17.3 Å². The van der Waals surface area contributed by atoms with Crippen molar-refractivity contribution in [3.8, 4) is 0 Å². The van der Waals surface area contributed by atoms with Crippen molar-refractivity contribution in [3.05, 3.63) is 52.4 Å². The monoisotopic (exact) mass is 549 g/mol. The van der Waals surface area contributed by atoms with Gasteiger partial charge in [-0.25, -0.2) is 22.9 Å². The van der Waals surface area contributed by atoms with Crippen molar-refractivity contribution < 1.29 is 45.5 Å². The van der Waals surface area contributed by atoms with Crippen molar-refractivity contribution >= 4 is 17.9 Å². The predicted molar refractivity (Wildman–Crippen MR) is 119 cm³/mol. The van der Waals surface area contributed by atoms with E-state index in [0.717, 1.165) is 9.47 Å². The Morgan fingerprint density at radius 3 is 2.29 bits per heavy atom. The zero-order valence-electron chi connectivity index (χ0n) is 20.6. The molecular formula is C23H25F6N5O4. The first-order valence-corrected chi connectivity index (χ1v) is 11.3. The Morgan fingerprint density at radius 2 is 1.71 bits per heavy atom. The van der Waals surface area contributed by atoms with Gasteiger partial charge in [0.1, 0.15) is 11.4 Å². The Balaban J connectivity index is 1.84. The normalized spacial score (nSPS) is 14.6. The van der Waals surface area contributed by atoms with Gasteiger partial charge >= 0.3 is 12.3 Å². The maximum atomic E-state index is 14.3. The molecule has 208 valence electrons. The number of fused-ring (bicyclic) bond motifs is 1. The smallest absolute Gasteiger partial charge is 0.444 e. The van der Waals surface area contributed by atoms with E-state index in [1.165, 1.54) is 0 Å². The second kappa shape index (κ2) is 10.5. The Labute approximate surface area is 212 Å². The van der Waals surface area contributed by atoms with Crippen LogP contribution in [-0.4, -0.2) is 50.5 Å². The fraction of sp³-hybridized carbons (Fsp3) is 0.478. The predicted octanol–water partition coefficient (Wildman–Crippen LogP) is 3.29. The number of imidazole rings is 1. The third-order valence-corrected chi connectivity index (χ3v) is 5.54. The van der Waals surface area contributed by atoms with Crippen LogP contribution >= 0.6 is 0 Å². The number of nitrogens with one attached hydrogen (secondary N) is 1. The molecular weight excluding hydrogens is 524 g/mol. The van der Waals surface area contributed by atoms with E-state index >= 15 is 0 Å². The van der Waals surface area contributed by atoms with E-state index in [1.807, 2.05) is 0 Å². The molecule has 2 heterocycles. The van der Waals surface area contributed by atoms with Crippen molar-refractivity contribution in [1.29, 1.82) is 0 Å². The first-order chi connectivity index (χ1) is 17.5. The van der Waals surface area contributed by atoms with Crippen molar-refractivity contribution in [1.82, 2.24) is 19.8 Å². The second-order valence-corrected chi connectivity index (χ2v) is 9.67. The van der Waals surface area contributed by atoms with Gasteiger partial charge in [-0.15, -0.1) is 0 Å². The summed E-state index contributed by atoms with van der Waals surface area (Å²) in [5.74, 6) is -7.10. The molecule has 1 aliphatic rings. The van der Waals surface area contributed by atoms with Crippen LogP contribution < -0.4 is 11.1 Å². The SMILES string of the molecule is CC(C)(C)OC(=O)NC(CC(=O)N1CCn2c(C(F)(F)F)nc(C(N)=O)c2C1)Cc1cc(F)c(F)cc1F. The molecule has 0 aliphatic carbocycles. The van der Waals surface area contributed by atoms with Gasteiger partial charge in [0.25, 0.3) is 5.91 Å². The molecule has 3 amide bonds. The van der Waals surface area contributed by atoms with Crippen LogP contribution in [0.15, 0.2) is 12.1 Å². The molecule has 0 bridgehead atoms. The van der Waals surface area contributed by atoms with Crippen LogP contribution in [0.5, 0.6) is 0 Å². The fourth-order valence-electron chi connectivity index (χ4n) is 3.97. The molecule has 3 N–H and O–H groups in total. The number of carbonyl (C=O) groups excluding carboxylic acids is 3. The van der Waals surface area contributed by atoms with E-state index in [2.05, 4.69) is 10.3 Å². The van der Waals surface area contributed by atoms with Crippen LogP contribution in [0.3, 0.4) is 0 Å². The molecule has 1 unspecified atom stereocenters. The highest BCUT2D eigenvalue weighted by Crippen LogP contribution is 2.32. The average molecular weight is 549 g/mol. The minimum Gasteiger partial charge on any atom is -0.444 e. The number of alkyl halides is 3. The van der Waals surface area contributed by atoms with Gasteiger partial charge in [-0.3, -0.25) is 9.59 Å². The number of benzene rings is 1. The Kier molecular flexibility index (Phi) is 7.98.